The van der Waals surface area contributed by atoms with E-state index < -0.39 is 0 Å². The lowest BCUT2D eigenvalue weighted by atomic mass is 9.94. The number of rotatable bonds is 6. The van der Waals surface area contributed by atoms with Gasteiger partial charge in [-0.3, -0.25) is 0 Å². The molecule has 0 heterocycles. The van der Waals surface area contributed by atoms with Crippen molar-refractivity contribution in [3.8, 4) is 0 Å². The molecule has 2 unspecified atom stereocenters. The quantitative estimate of drug-likeness (QED) is 0.550. The van der Waals surface area contributed by atoms with Crippen molar-refractivity contribution in [3.63, 3.8) is 0 Å². The molecule has 0 N–H and O–H groups in total. The number of nitrogens with zero attached hydrogens (tertiary/aromatic N) is 1. The van der Waals surface area contributed by atoms with Crippen molar-refractivity contribution >= 4 is 15.9 Å². The summed E-state index contributed by atoms with van der Waals surface area (Å²) in [5, 5.41) is 0. The predicted octanol–water partition coefficient (Wildman–Crippen LogP) is 3.30. The molecule has 0 saturated heterocycles. The Hall–Kier alpha value is 0.400. The fourth-order valence-electron chi connectivity index (χ4n) is 2.26. The minimum absolute atomic E-state index is 0.643. The van der Waals surface area contributed by atoms with E-state index in [9.17, 15) is 0 Å². The Balaban J connectivity index is 2.15. The Morgan fingerprint density at radius 1 is 1.31 bits per heavy atom. The molecule has 0 radical (unpaired) electrons. The molecule has 16 heavy (non-hydrogen) atoms. The van der Waals surface area contributed by atoms with E-state index in [-0.39, 0.29) is 0 Å². The number of likely N-dealkylation sites (N-methyl/N-ethyl adjacent to an activating group) is 1. The molecular formula is C13H26BrNO. The third-order valence-corrected chi connectivity index (χ3v) is 4.32. The number of hydrogen-bond acceptors (Lipinski definition) is 2. The van der Waals surface area contributed by atoms with Gasteiger partial charge in [0.2, 0.25) is 0 Å². The van der Waals surface area contributed by atoms with Crippen LogP contribution in [0.4, 0.5) is 0 Å². The molecule has 1 aliphatic rings. The van der Waals surface area contributed by atoms with Crippen LogP contribution < -0.4 is 0 Å². The maximum Gasteiger partial charge on any atom is 0.0593 e. The number of hydrogen-bond donors (Lipinski definition) is 0. The fraction of sp³-hybridized carbons (Fsp3) is 1.00. The van der Waals surface area contributed by atoms with Gasteiger partial charge in [-0.15, -0.1) is 0 Å². The van der Waals surface area contributed by atoms with Crippen LogP contribution in [0.5, 0.6) is 0 Å². The molecule has 96 valence electrons. The molecule has 0 aromatic carbocycles. The first-order valence-electron chi connectivity index (χ1n) is 6.53. The van der Waals surface area contributed by atoms with Gasteiger partial charge in [-0.2, -0.15) is 0 Å². The molecule has 0 spiro atoms. The van der Waals surface area contributed by atoms with E-state index in [0.717, 1.165) is 19.8 Å². The average Bonchev–Trinajstić information content (AvgIpc) is 2.24. The van der Waals surface area contributed by atoms with Crippen LogP contribution in [0.2, 0.25) is 0 Å². The van der Waals surface area contributed by atoms with Crippen LogP contribution in [0.1, 0.15) is 39.5 Å². The summed E-state index contributed by atoms with van der Waals surface area (Å²) in [6.45, 7) is 7.19. The summed E-state index contributed by atoms with van der Waals surface area (Å²) in [5.74, 6) is 0.643. The Morgan fingerprint density at radius 2 is 2.00 bits per heavy atom. The monoisotopic (exact) mass is 291 g/mol. The summed E-state index contributed by atoms with van der Waals surface area (Å²) in [7, 11) is 2.23. The Kier molecular flexibility index (Phi) is 6.94. The molecule has 0 aromatic heterocycles. The highest BCUT2D eigenvalue weighted by molar-refractivity contribution is 9.09. The summed E-state index contributed by atoms with van der Waals surface area (Å²) < 4.78 is 5.63. The Bertz CT molecular complexity index is 187. The second-order valence-electron chi connectivity index (χ2n) is 5.32. The second-order valence-corrected chi connectivity index (χ2v) is 6.49. The zero-order valence-corrected chi connectivity index (χ0v) is 12.5. The largest absolute Gasteiger partial charge is 0.380 e. The van der Waals surface area contributed by atoms with Crippen LogP contribution in [0.25, 0.3) is 0 Å². The first-order chi connectivity index (χ1) is 7.61. The molecule has 0 amide bonds. The number of alkyl halides is 1. The molecule has 1 saturated carbocycles. The van der Waals surface area contributed by atoms with Gasteiger partial charge in [-0.25, -0.2) is 0 Å². The molecule has 1 rings (SSSR count). The second kappa shape index (κ2) is 7.67. The lowest BCUT2D eigenvalue weighted by Gasteiger charge is -2.35. The molecule has 1 fully saturated rings. The van der Waals surface area contributed by atoms with Crippen LogP contribution in [0, 0.1) is 5.92 Å². The van der Waals surface area contributed by atoms with Crippen molar-refractivity contribution < 1.29 is 4.74 Å². The highest BCUT2D eigenvalue weighted by atomic mass is 79.9. The van der Waals surface area contributed by atoms with Gasteiger partial charge in [-0.1, -0.05) is 42.6 Å². The minimum atomic E-state index is 0.643. The van der Waals surface area contributed by atoms with Gasteiger partial charge in [0.1, 0.15) is 0 Å². The molecule has 0 aliphatic heterocycles. The van der Waals surface area contributed by atoms with E-state index in [1.807, 2.05) is 0 Å². The van der Waals surface area contributed by atoms with E-state index in [1.54, 1.807) is 0 Å². The predicted molar refractivity (Wildman–Crippen MR) is 73.3 cm³/mol. The topological polar surface area (TPSA) is 12.5 Å². The molecule has 2 atom stereocenters. The Morgan fingerprint density at radius 3 is 2.62 bits per heavy atom. The van der Waals surface area contributed by atoms with Gasteiger partial charge in [0.25, 0.3) is 0 Å². The standard InChI is InChI=1S/C13H26BrNO/c1-11(2)10-16-9-8-15(3)13-7-5-4-6-12(13)14/h11-13H,4-10H2,1-3H3. The van der Waals surface area contributed by atoms with Gasteiger partial charge in [0.05, 0.1) is 6.61 Å². The zero-order valence-electron chi connectivity index (χ0n) is 10.9. The van der Waals surface area contributed by atoms with E-state index >= 15 is 0 Å². The van der Waals surface area contributed by atoms with Gasteiger partial charge >= 0.3 is 0 Å². The molecule has 0 aromatic rings. The zero-order chi connectivity index (χ0) is 12.0. The molecule has 0 bridgehead atoms. The van der Waals surface area contributed by atoms with Crippen molar-refractivity contribution in [3.05, 3.63) is 0 Å². The lowest BCUT2D eigenvalue weighted by molar-refractivity contribution is 0.0765. The Labute approximate surface area is 109 Å². The maximum absolute atomic E-state index is 5.63. The van der Waals surface area contributed by atoms with Gasteiger partial charge in [0, 0.05) is 24.0 Å². The molecular weight excluding hydrogens is 266 g/mol. The number of halogens is 1. The lowest BCUT2D eigenvalue weighted by Crippen LogP contribution is -2.42. The summed E-state index contributed by atoms with van der Waals surface area (Å²) >= 11 is 3.81. The van der Waals surface area contributed by atoms with Crippen LogP contribution in [-0.4, -0.2) is 42.6 Å². The average molecular weight is 292 g/mol. The van der Waals surface area contributed by atoms with Crippen LogP contribution in [-0.2, 0) is 4.74 Å². The van der Waals surface area contributed by atoms with Crippen LogP contribution in [0.3, 0.4) is 0 Å². The van der Waals surface area contributed by atoms with Crippen molar-refractivity contribution in [2.75, 3.05) is 26.8 Å². The highest BCUT2D eigenvalue weighted by Gasteiger charge is 2.25. The third kappa shape index (κ3) is 5.15. The summed E-state index contributed by atoms with van der Waals surface area (Å²) in [5.41, 5.74) is 0. The highest BCUT2D eigenvalue weighted by Crippen LogP contribution is 2.27. The molecule has 3 heteroatoms. The summed E-state index contributed by atoms with van der Waals surface area (Å²) in [4.78, 5) is 3.13. The van der Waals surface area contributed by atoms with Crippen LogP contribution in [0.15, 0.2) is 0 Å². The van der Waals surface area contributed by atoms with E-state index in [2.05, 4.69) is 41.7 Å². The van der Waals surface area contributed by atoms with Gasteiger partial charge in [-0.05, 0) is 25.8 Å². The smallest absolute Gasteiger partial charge is 0.0593 e. The maximum atomic E-state index is 5.63. The van der Waals surface area contributed by atoms with E-state index in [0.29, 0.717) is 16.8 Å². The minimum Gasteiger partial charge on any atom is -0.380 e. The van der Waals surface area contributed by atoms with Crippen molar-refractivity contribution in [2.24, 2.45) is 5.92 Å². The summed E-state index contributed by atoms with van der Waals surface area (Å²) in [6, 6.07) is 0.705. The fourth-order valence-corrected chi connectivity index (χ4v) is 3.25. The summed E-state index contributed by atoms with van der Waals surface area (Å²) in [6.07, 6.45) is 5.41. The van der Waals surface area contributed by atoms with Crippen molar-refractivity contribution in [1.29, 1.82) is 0 Å². The van der Waals surface area contributed by atoms with Crippen molar-refractivity contribution in [1.82, 2.24) is 4.90 Å². The molecule has 2 nitrogen and oxygen atoms in total. The van der Waals surface area contributed by atoms with Gasteiger partial charge in [0.15, 0.2) is 0 Å². The first-order valence-corrected chi connectivity index (χ1v) is 7.45. The van der Waals surface area contributed by atoms with Crippen LogP contribution >= 0.6 is 15.9 Å². The van der Waals surface area contributed by atoms with Crippen molar-refractivity contribution in [2.45, 2.75) is 50.4 Å². The SMILES string of the molecule is CC(C)COCCN(C)C1CCCCC1Br. The first kappa shape index (κ1) is 14.5. The molecule has 1 aliphatic carbocycles. The van der Waals surface area contributed by atoms with Gasteiger partial charge < -0.3 is 9.64 Å². The van der Waals surface area contributed by atoms with E-state index in [4.69, 9.17) is 4.74 Å². The number of ether oxygens (including phenoxy) is 1. The third-order valence-electron chi connectivity index (χ3n) is 3.25. The van der Waals surface area contributed by atoms with E-state index in [1.165, 1.54) is 25.7 Å². The normalized spacial score (nSPS) is 26.6.